The van der Waals surface area contributed by atoms with Gasteiger partial charge in [0.25, 0.3) is 0 Å². The highest BCUT2D eigenvalue weighted by Gasteiger charge is 2.14. The van der Waals surface area contributed by atoms with E-state index in [0.717, 1.165) is 11.3 Å². The summed E-state index contributed by atoms with van der Waals surface area (Å²) in [7, 11) is 1.82. The highest BCUT2D eigenvalue weighted by Crippen LogP contribution is 2.26. The van der Waals surface area contributed by atoms with E-state index < -0.39 is 6.04 Å². The number of anilines is 1. The van der Waals surface area contributed by atoms with Gasteiger partial charge in [-0.1, -0.05) is 23.7 Å². The van der Waals surface area contributed by atoms with Crippen LogP contribution < -0.4 is 11.1 Å². The first-order valence-electron chi connectivity index (χ1n) is 5.60. The first-order chi connectivity index (χ1) is 8.61. The molecule has 1 atom stereocenters. The van der Waals surface area contributed by atoms with Crippen LogP contribution >= 0.6 is 11.6 Å². The van der Waals surface area contributed by atoms with Crippen LogP contribution in [0.3, 0.4) is 0 Å². The molecule has 0 aliphatic carbocycles. The summed E-state index contributed by atoms with van der Waals surface area (Å²) < 4.78 is 13.7. The van der Waals surface area contributed by atoms with Gasteiger partial charge in [0.1, 0.15) is 5.82 Å². The van der Waals surface area contributed by atoms with Gasteiger partial charge >= 0.3 is 0 Å². The molecule has 2 rings (SSSR count). The third-order valence-corrected chi connectivity index (χ3v) is 3.06. The van der Waals surface area contributed by atoms with Crippen molar-refractivity contribution in [1.82, 2.24) is 0 Å². The lowest BCUT2D eigenvalue weighted by Crippen LogP contribution is -2.13. The van der Waals surface area contributed by atoms with Crippen LogP contribution in [0, 0.1) is 5.82 Å². The molecule has 0 heterocycles. The number of hydrogen-bond acceptors (Lipinski definition) is 2. The Hall–Kier alpha value is -1.58. The van der Waals surface area contributed by atoms with Crippen molar-refractivity contribution < 1.29 is 4.39 Å². The van der Waals surface area contributed by atoms with Crippen LogP contribution in [0.4, 0.5) is 10.1 Å². The summed E-state index contributed by atoms with van der Waals surface area (Å²) in [6.07, 6.45) is 0. The van der Waals surface area contributed by atoms with Crippen LogP contribution in [-0.2, 0) is 0 Å². The van der Waals surface area contributed by atoms with Crippen LogP contribution in [0.5, 0.6) is 0 Å². The molecule has 0 saturated heterocycles. The molecule has 1 unspecified atom stereocenters. The molecule has 0 fully saturated rings. The van der Waals surface area contributed by atoms with E-state index in [0.29, 0.717) is 10.6 Å². The lowest BCUT2D eigenvalue weighted by Gasteiger charge is -2.15. The molecule has 18 heavy (non-hydrogen) atoms. The summed E-state index contributed by atoms with van der Waals surface area (Å²) in [6, 6.07) is 11.4. The maximum absolute atomic E-state index is 13.7. The molecule has 0 radical (unpaired) electrons. The van der Waals surface area contributed by atoms with Crippen LogP contribution in [0.2, 0.25) is 5.02 Å². The topological polar surface area (TPSA) is 38.0 Å². The molecule has 0 aliphatic rings. The van der Waals surface area contributed by atoms with Gasteiger partial charge in [-0.3, -0.25) is 0 Å². The van der Waals surface area contributed by atoms with Gasteiger partial charge in [-0.15, -0.1) is 0 Å². The zero-order chi connectivity index (χ0) is 13.1. The Morgan fingerprint density at radius 1 is 1.22 bits per heavy atom. The Labute approximate surface area is 111 Å². The molecule has 0 amide bonds. The number of halogens is 2. The van der Waals surface area contributed by atoms with Crippen molar-refractivity contribution in [2.24, 2.45) is 5.73 Å². The van der Waals surface area contributed by atoms with E-state index in [-0.39, 0.29) is 5.82 Å². The van der Waals surface area contributed by atoms with E-state index in [4.69, 9.17) is 17.3 Å². The largest absolute Gasteiger partial charge is 0.388 e. The van der Waals surface area contributed by atoms with E-state index in [2.05, 4.69) is 5.32 Å². The van der Waals surface area contributed by atoms with Gasteiger partial charge in [0.05, 0.1) is 6.04 Å². The van der Waals surface area contributed by atoms with Gasteiger partial charge in [-0.05, 0) is 35.9 Å². The predicted molar refractivity (Wildman–Crippen MR) is 73.4 cm³/mol. The van der Waals surface area contributed by atoms with Gasteiger partial charge in [0.15, 0.2) is 0 Å². The number of nitrogens with one attached hydrogen (secondary N) is 1. The molecule has 0 bridgehead atoms. The Kier molecular flexibility index (Phi) is 3.84. The highest BCUT2D eigenvalue weighted by atomic mass is 35.5. The zero-order valence-corrected chi connectivity index (χ0v) is 10.7. The minimum Gasteiger partial charge on any atom is -0.388 e. The first kappa shape index (κ1) is 12.9. The molecule has 4 heteroatoms. The average Bonchev–Trinajstić information content (AvgIpc) is 2.41. The first-order valence-corrected chi connectivity index (χ1v) is 5.98. The monoisotopic (exact) mass is 264 g/mol. The molecule has 94 valence electrons. The van der Waals surface area contributed by atoms with E-state index in [1.807, 2.05) is 31.3 Å². The molecule has 0 aliphatic heterocycles. The van der Waals surface area contributed by atoms with Crippen LogP contribution in [0.1, 0.15) is 17.2 Å². The Morgan fingerprint density at radius 3 is 2.72 bits per heavy atom. The summed E-state index contributed by atoms with van der Waals surface area (Å²) >= 11 is 5.87. The second-order valence-electron chi connectivity index (χ2n) is 4.02. The maximum Gasteiger partial charge on any atom is 0.128 e. The minimum absolute atomic E-state index is 0.346. The Morgan fingerprint density at radius 2 is 2.00 bits per heavy atom. The van der Waals surface area contributed by atoms with E-state index >= 15 is 0 Å². The SMILES string of the molecule is CNc1cccc(C(N)c2cc(Cl)ccc2F)c1. The lowest BCUT2D eigenvalue weighted by atomic mass is 9.99. The predicted octanol–water partition coefficient (Wildman–Crippen LogP) is 3.57. The lowest BCUT2D eigenvalue weighted by molar-refractivity contribution is 0.600. The van der Waals surface area contributed by atoms with Crippen molar-refractivity contribution in [3.8, 4) is 0 Å². The van der Waals surface area contributed by atoms with Crippen molar-refractivity contribution in [2.75, 3.05) is 12.4 Å². The molecule has 0 saturated carbocycles. The molecular formula is C14H14ClFN2. The quantitative estimate of drug-likeness (QED) is 0.889. The van der Waals surface area contributed by atoms with Gasteiger partial charge in [-0.25, -0.2) is 4.39 Å². The van der Waals surface area contributed by atoms with Gasteiger partial charge in [0, 0.05) is 23.3 Å². The second kappa shape index (κ2) is 5.38. The zero-order valence-electron chi connectivity index (χ0n) is 9.95. The highest BCUT2D eigenvalue weighted by molar-refractivity contribution is 6.30. The van der Waals surface area contributed by atoms with E-state index in [1.165, 1.54) is 12.1 Å². The molecule has 2 aromatic carbocycles. The Bertz CT molecular complexity index is 557. The van der Waals surface area contributed by atoms with Crippen molar-refractivity contribution >= 4 is 17.3 Å². The summed E-state index contributed by atoms with van der Waals surface area (Å²) in [6.45, 7) is 0. The fourth-order valence-corrected chi connectivity index (χ4v) is 2.00. The van der Waals surface area contributed by atoms with Crippen molar-refractivity contribution in [1.29, 1.82) is 0 Å². The number of nitrogens with two attached hydrogens (primary N) is 1. The van der Waals surface area contributed by atoms with Crippen molar-refractivity contribution in [3.05, 3.63) is 64.4 Å². The summed E-state index contributed by atoms with van der Waals surface area (Å²) in [5, 5.41) is 3.50. The molecule has 2 aromatic rings. The molecule has 0 spiro atoms. The van der Waals surface area contributed by atoms with Crippen molar-refractivity contribution in [3.63, 3.8) is 0 Å². The van der Waals surface area contributed by atoms with Crippen LogP contribution in [0.25, 0.3) is 0 Å². The molecular weight excluding hydrogens is 251 g/mol. The van der Waals surface area contributed by atoms with Crippen molar-refractivity contribution in [2.45, 2.75) is 6.04 Å². The molecule has 3 N–H and O–H groups in total. The van der Waals surface area contributed by atoms with Crippen LogP contribution in [-0.4, -0.2) is 7.05 Å². The van der Waals surface area contributed by atoms with Gasteiger partial charge < -0.3 is 11.1 Å². The normalized spacial score (nSPS) is 12.2. The smallest absolute Gasteiger partial charge is 0.128 e. The van der Waals surface area contributed by atoms with Gasteiger partial charge in [-0.2, -0.15) is 0 Å². The fourth-order valence-electron chi connectivity index (χ4n) is 1.82. The van der Waals surface area contributed by atoms with Gasteiger partial charge in [0.2, 0.25) is 0 Å². The summed E-state index contributed by atoms with van der Waals surface area (Å²) in [4.78, 5) is 0. The summed E-state index contributed by atoms with van der Waals surface area (Å²) in [5.41, 5.74) is 8.25. The third kappa shape index (κ3) is 2.63. The summed E-state index contributed by atoms with van der Waals surface area (Å²) in [5.74, 6) is -0.346. The number of hydrogen-bond donors (Lipinski definition) is 2. The number of benzene rings is 2. The number of rotatable bonds is 3. The molecule has 2 nitrogen and oxygen atoms in total. The van der Waals surface area contributed by atoms with E-state index in [1.54, 1.807) is 6.07 Å². The fraction of sp³-hybridized carbons (Fsp3) is 0.143. The minimum atomic E-state index is -0.531. The average molecular weight is 265 g/mol. The standard InChI is InChI=1S/C14H14ClFN2/c1-18-11-4-2-3-9(7-11)14(17)12-8-10(15)5-6-13(12)16/h2-8,14,18H,17H2,1H3. The van der Waals surface area contributed by atoms with Crippen LogP contribution in [0.15, 0.2) is 42.5 Å². The molecule has 0 aromatic heterocycles. The maximum atomic E-state index is 13.7. The van der Waals surface area contributed by atoms with E-state index in [9.17, 15) is 4.39 Å². The second-order valence-corrected chi connectivity index (χ2v) is 4.46. The third-order valence-electron chi connectivity index (χ3n) is 2.83. The Balaban J connectivity index is 2.40.